The minimum atomic E-state index is -0.519. The molecule has 0 saturated carbocycles. The molecule has 6 nitrogen and oxygen atoms in total. The van der Waals surface area contributed by atoms with Crippen molar-refractivity contribution >= 4 is 28.5 Å². The van der Waals surface area contributed by atoms with Gasteiger partial charge in [0.05, 0.1) is 7.11 Å². The zero-order chi connectivity index (χ0) is 20.5. The van der Waals surface area contributed by atoms with Gasteiger partial charge in [-0.25, -0.2) is 4.98 Å². The number of para-hydroxylation sites is 1. The van der Waals surface area contributed by atoms with E-state index in [-0.39, 0.29) is 11.7 Å². The van der Waals surface area contributed by atoms with Gasteiger partial charge in [-0.05, 0) is 31.2 Å². The van der Waals surface area contributed by atoms with Crippen LogP contribution in [0.25, 0.3) is 11.0 Å². The van der Waals surface area contributed by atoms with Crippen LogP contribution in [0.2, 0.25) is 5.02 Å². The number of hydrogen-bond acceptors (Lipinski definition) is 4. The summed E-state index contributed by atoms with van der Waals surface area (Å²) in [6.45, 7) is 1.84. The van der Waals surface area contributed by atoms with Gasteiger partial charge in [0.25, 0.3) is 5.91 Å². The highest BCUT2D eigenvalue weighted by atomic mass is 35.5. The molecule has 0 aliphatic carbocycles. The maximum absolute atomic E-state index is 13.2. The lowest BCUT2D eigenvalue weighted by Gasteiger charge is -2.21. The Kier molecular flexibility index (Phi) is 5.03. The average molecular weight is 410 g/mol. The molecule has 4 aromatic rings. The van der Waals surface area contributed by atoms with Crippen molar-refractivity contribution in [1.29, 1.82) is 0 Å². The van der Waals surface area contributed by atoms with Gasteiger partial charge in [0.1, 0.15) is 23.2 Å². The molecule has 1 atom stereocenters. The van der Waals surface area contributed by atoms with Crippen LogP contribution in [0.15, 0.2) is 59.3 Å². The minimum absolute atomic E-state index is 0.247. The molecule has 2 aromatic carbocycles. The maximum atomic E-state index is 13.2. The number of hydrogen-bond donors (Lipinski definition) is 1. The number of carbonyl (C=O) groups excluding carboxylic acids is 1. The first kappa shape index (κ1) is 19.1. The summed E-state index contributed by atoms with van der Waals surface area (Å²) in [7, 11) is 3.48. The van der Waals surface area contributed by atoms with Crippen molar-refractivity contribution < 1.29 is 13.9 Å². The van der Waals surface area contributed by atoms with Crippen LogP contribution in [0.3, 0.4) is 0 Å². The quantitative estimate of drug-likeness (QED) is 0.520. The second-order valence-electron chi connectivity index (χ2n) is 6.74. The number of rotatable bonds is 5. The van der Waals surface area contributed by atoms with Crippen LogP contribution in [-0.2, 0) is 7.05 Å². The van der Waals surface area contributed by atoms with Crippen molar-refractivity contribution in [2.24, 2.45) is 7.05 Å². The first-order valence-corrected chi connectivity index (χ1v) is 9.47. The normalized spacial score (nSPS) is 12.1. The van der Waals surface area contributed by atoms with Crippen molar-refractivity contribution in [1.82, 2.24) is 14.9 Å². The van der Waals surface area contributed by atoms with Crippen LogP contribution in [0.5, 0.6) is 5.75 Å². The highest BCUT2D eigenvalue weighted by Gasteiger charge is 2.27. The van der Waals surface area contributed by atoms with Crippen molar-refractivity contribution in [2.45, 2.75) is 13.0 Å². The Morgan fingerprint density at radius 1 is 1.28 bits per heavy atom. The summed E-state index contributed by atoms with van der Waals surface area (Å²) in [5.41, 5.74) is 2.15. The predicted octanol–water partition coefficient (Wildman–Crippen LogP) is 4.66. The SMILES string of the molecule is COc1ccccc1[C@@H](NC(=O)c1oc2ccc(Cl)cc2c1C)c1nccn1C. The number of aryl methyl sites for hydroxylation is 2. The van der Waals surface area contributed by atoms with E-state index < -0.39 is 6.04 Å². The number of nitrogens with one attached hydrogen (secondary N) is 1. The number of ether oxygens (including phenoxy) is 1. The molecule has 0 aliphatic rings. The van der Waals surface area contributed by atoms with Crippen LogP contribution in [-0.4, -0.2) is 22.6 Å². The number of methoxy groups -OCH3 is 1. The minimum Gasteiger partial charge on any atom is -0.496 e. The fourth-order valence-electron chi connectivity index (χ4n) is 3.45. The zero-order valence-corrected chi connectivity index (χ0v) is 17.0. The van der Waals surface area contributed by atoms with Gasteiger partial charge >= 0.3 is 0 Å². The fourth-order valence-corrected chi connectivity index (χ4v) is 3.62. The van der Waals surface area contributed by atoms with Crippen molar-refractivity contribution in [3.8, 4) is 5.75 Å². The molecule has 1 N–H and O–H groups in total. The number of halogens is 1. The molecule has 1 amide bonds. The summed E-state index contributed by atoms with van der Waals surface area (Å²) < 4.78 is 13.2. The molecule has 148 valence electrons. The Labute approximate surface area is 173 Å². The Morgan fingerprint density at radius 2 is 2.07 bits per heavy atom. The lowest BCUT2D eigenvalue weighted by molar-refractivity contribution is 0.0914. The molecule has 4 rings (SSSR count). The Balaban J connectivity index is 1.76. The van der Waals surface area contributed by atoms with E-state index >= 15 is 0 Å². The van der Waals surface area contributed by atoms with Gasteiger partial charge in [0, 0.05) is 41.0 Å². The summed E-state index contributed by atoms with van der Waals surface area (Å²) in [5.74, 6) is 1.25. The van der Waals surface area contributed by atoms with E-state index in [2.05, 4.69) is 10.3 Å². The first-order chi connectivity index (χ1) is 14.0. The fraction of sp³-hybridized carbons (Fsp3) is 0.182. The van der Waals surface area contributed by atoms with Crippen molar-refractivity contribution in [2.75, 3.05) is 7.11 Å². The van der Waals surface area contributed by atoms with E-state index in [1.165, 1.54) is 0 Å². The van der Waals surface area contributed by atoms with Gasteiger partial charge in [0.2, 0.25) is 0 Å². The van der Waals surface area contributed by atoms with Gasteiger partial charge in [-0.2, -0.15) is 0 Å². The molecule has 0 aliphatic heterocycles. The number of aromatic nitrogens is 2. The van der Waals surface area contributed by atoms with E-state index in [4.69, 9.17) is 20.8 Å². The average Bonchev–Trinajstić information content (AvgIpc) is 3.29. The molecular formula is C22H20ClN3O3. The summed E-state index contributed by atoms with van der Waals surface area (Å²) in [6, 6.07) is 12.3. The van der Waals surface area contributed by atoms with E-state index in [1.807, 2.05) is 49.0 Å². The lowest BCUT2D eigenvalue weighted by atomic mass is 10.0. The predicted molar refractivity (Wildman–Crippen MR) is 111 cm³/mol. The van der Waals surface area contributed by atoms with Crippen LogP contribution in [0, 0.1) is 6.92 Å². The van der Waals surface area contributed by atoms with Crippen LogP contribution in [0.1, 0.15) is 33.5 Å². The smallest absolute Gasteiger partial charge is 0.288 e. The summed E-state index contributed by atoms with van der Waals surface area (Å²) in [5, 5.41) is 4.46. The van der Waals surface area contributed by atoms with E-state index in [1.54, 1.807) is 31.5 Å². The van der Waals surface area contributed by atoms with Gasteiger partial charge in [-0.3, -0.25) is 4.79 Å². The summed E-state index contributed by atoms with van der Waals surface area (Å²) in [4.78, 5) is 17.6. The molecule has 2 aromatic heterocycles. The van der Waals surface area contributed by atoms with Crippen molar-refractivity contribution in [3.05, 3.63) is 82.6 Å². The van der Waals surface area contributed by atoms with Gasteiger partial charge in [-0.1, -0.05) is 29.8 Å². The second kappa shape index (κ2) is 7.64. The Hall–Kier alpha value is -3.25. The van der Waals surface area contributed by atoms with Crippen LogP contribution < -0.4 is 10.1 Å². The van der Waals surface area contributed by atoms with E-state index in [0.29, 0.717) is 22.2 Å². The third-order valence-electron chi connectivity index (χ3n) is 4.95. The Morgan fingerprint density at radius 3 is 2.79 bits per heavy atom. The lowest BCUT2D eigenvalue weighted by Crippen LogP contribution is -2.31. The Bertz CT molecular complexity index is 1200. The molecular weight excluding hydrogens is 390 g/mol. The highest BCUT2D eigenvalue weighted by Crippen LogP contribution is 2.31. The molecule has 0 radical (unpaired) electrons. The number of carbonyl (C=O) groups is 1. The number of amides is 1. The van der Waals surface area contributed by atoms with Crippen molar-refractivity contribution in [3.63, 3.8) is 0 Å². The molecule has 7 heteroatoms. The van der Waals surface area contributed by atoms with Gasteiger partial charge in [-0.15, -0.1) is 0 Å². The topological polar surface area (TPSA) is 69.3 Å². The molecule has 0 saturated heterocycles. The number of furan rings is 1. The third kappa shape index (κ3) is 3.47. The highest BCUT2D eigenvalue weighted by molar-refractivity contribution is 6.31. The number of benzene rings is 2. The molecule has 0 bridgehead atoms. The van der Waals surface area contributed by atoms with E-state index in [0.717, 1.165) is 16.5 Å². The number of imidazole rings is 1. The number of fused-ring (bicyclic) bond motifs is 1. The second-order valence-corrected chi connectivity index (χ2v) is 7.18. The van der Waals surface area contributed by atoms with Gasteiger partial charge in [0.15, 0.2) is 5.76 Å². The van der Waals surface area contributed by atoms with Gasteiger partial charge < -0.3 is 19.0 Å². The zero-order valence-electron chi connectivity index (χ0n) is 16.3. The maximum Gasteiger partial charge on any atom is 0.288 e. The van der Waals surface area contributed by atoms with Crippen LogP contribution >= 0.6 is 11.6 Å². The summed E-state index contributed by atoms with van der Waals surface area (Å²) >= 11 is 6.10. The molecule has 0 fully saturated rings. The molecule has 2 heterocycles. The molecule has 0 unspecified atom stereocenters. The first-order valence-electron chi connectivity index (χ1n) is 9.09. The number of nitrogens with zero attached hydrogens (tertiary/aromatic N) is 2. The third-order valence-corrected chi connectivity index (χ3v) is 5.18. The standard InChI is InChI=1S/C22H20ClN3O3/c1-13-16-12-14(23)8-9-18(16)29-20(13)22(27)25-19(21-24-10-11-26(21)2)15-6-4-5-7-17(15)28-3/h4-12,19H,1-3H3,(H,25,27)/t19-/m1/s1. The molecule has 29 heavy (non-hydrogen) atoms. The monoisotopic (exact) mass is 409 g/mol. The molecule has 0 spiro atoms. The largest absolute Gasteiger partial charge is 0.496 e. The van der Waals surface area contributed by atoms with E-state index in [9.17, 15) is 4.79 Å². The van der Waals surface area contributed by atoms with Crippen LogP contribution in [0.4, 0.5) is 0 Å². The summed E-state index contributed by atoms with van der Waals surface area (Å²) in [6.07, 6.45) is 3.52.